The van der Waals surface area contributed by atoms with Crippen LogP contribution < -0.4 is 10.1 Å². The predicted octanol–water partition coefficient (Wildman–Crippen LogP) is 4.46. The van der Waals surface area contributed by atoms with E-state index in [4.69, 9.17) is 21.6 Å². The Bertz CT molecular complexity index is 1040. The molecule has 0 aliphatic carbocycles. The lowest BCUT2D eigenvalue weighted by atomic mass is 10.0. The van der Waals surface area contributed by atoms with Crippen molar-refractivity contribution in [3.05, 3.63) is 94.5 Å². The summed E-state index contributed by atoms with van der Waals surface area (Å²) in [7, 11) is 0. The Hall–Kier alpha value is -3.62. The summed E-state index contributed by atoms with van der Waals surface area (Å²) in [4.78, 5) is 24.4. The lowest BCUT2D eigenvalue weighted by Gasteiger charge is -2.09. The van der Waals surface area contributed by atoms with Crippen LogP contribution in [0.4, 0.5) is 5.69 Å². The molecule has 0 heterocycles. The quantitative estimate of drug-likeness (QED) is 0.630. The van der Waals surface area contributed by atoms with E-state index in [1.165, 1.54) is 12.1 Å². The van der Waals surface area contributed by atoms with Crippen molar-refractivity contribution >= 4 is 29.0 Å². The van der Waals surface area contributed by atoms with Gasteiger partial charge in [-0.3, -0.25) is 9.59 Å². The van der Waals surface area contributed by atoms with Gasteiger partial charge in [0.15, 0.2) is 12.4 Å². The molecule has 1 N–H and O–H groups in total. The summed E-state index contributed by atoms with van der Waals surface area (Å²) >= 11 is 5.94. The van der Waals surface area contributed by atoms with Gasteiger partial charge in [-0.1, -0.05) is 41.9 Å². The van der Waals surface area contributed by atoms with Crippen LogP contribution in [-0.4, -0.2) is 18.3 Å². The Balaban J connectivity index is 1.56. The molecule has 1 amide bonds. The van der Waals surface area contributed by atoms with E-state index in [1.807, 2.05) is 24.3 Å². The topological polar surface area (TPSA) is 79.2 Å². The summed E-state index contributed by atoms with van der Waals surface area (Å²) in [5.41, 5.74) is 1.95. The number of carbonyl (C=O) groups is 2. The Kier molecular flexibility index (Phi) is 6.05. The Morgan fingerprint density at radius 3 is 2.29 bits per heavy atom. The van der Waals surface area contributed by atoms with Crippen molar-refractivity contribution in [2.45, 2.75) is 0 Å². The molecule has 0 aromatic heterocycles. The van der Waals surface area contributed by atoms with Crippen molar-refractivity contribution in [3.8, 4) is 11.8 Å². The first-order valence-corrected chi connectivity index (χ1v) is 8.77. The number of hydrogen-bond acceptors (Lipinski definition) is 4. The number of carbonyl (C=O) groups excluding carboxylic acids is 2. The summed E-state index contributed by atoms with van der Waals surface area (Å²) in [6, 6.07) is 22.2. The van der Waals surface area contributed by atoms with Crippen LogP contribution in [0.2, 0.25) is 5.02 Å². The van der Waals surface area contributed by atoms with Crippen LogP contribution in [0.5, 0.6) is 5.75 Å². The van der Waals surface area contributed by atoms with Gasteiger partial charge in [0.1, 0.15) is 11.8 Å². The maximum atomic E-state index is 12.4. The van der Waals surface area contributed by atoms with E-state index in [0.29, 0.717) is 28.1 Å². The summed E-state index contributed by atoms with van der Waals surface area (Å²) in [5, 5.41) is 11.8. The predicted molar refractivity (Wildman–Crippen MR) is 107 cm³/mol. The van der Waals surface area contributed by atoms with E-state index in [2.05, 4.69) is 5.32 Å². The molecule has 3 rings (SSSR count). The molecule has 0 aliphatic rings. The summed E-state index contributed by atoms with van der Waals surface area (Å²) < 4.78 is 5.45. The number of amides is 1. The van der Waals surface area contributed by atoms with Crippen molar-refractivity contribution in [2.75, 3.05) is 11.9 Å². The first-order chi connectivity index (χ1) is 13.6. The minimum Gasteiger partial charge on any atom is -0.484 e. The highest BCUT2D eigenvalue weighted by Crippen LogP contribution is 2.20. The molecule has 0 aliphatic heterocycles. The highest BCUT2D eigenvalue weighted by atomic mass is 35.5. The number of benzene rings is 3. The molecule has 0 fully saturated rings. The molecule has 5 nitrogen and oxygen atoms in total. The molecule has 0 radical (unpaired) electrons. The van der Waals surface area contributed by atoms with Crippen LogP contribution in [0, 0.1) is 11.3 Å². The van der Waals surface area contributed by atoms with Gasteiger partial charge in [0.25, 0.3) is 5.91 Å². The highest BCUT2D eigenvalue weighted by Gasteiger charge is 2.10. The molecule has 6 heteroatoms. The highest BCUT2D eigenvalue weighted by molar-refractivity contribution is 6.32. The summed E-state index contributed by atoms with van der Waals surface area (Å²) in [6.45, 7) is -0.205. The first-order valence-electron chi connectivity index (χ1n) is 8.39. The largest absolute Gasteiger partial charge is 0.484 e. The molecule has 3 aromatic carbocycles. The van der Waals surface area contributed by atoms with E-state index in [0.717, 1.165) is 0 Å². The van der Waals surface area contributed by atoms with Crippen molar-refractivity contribution in [3.63, 3.8) is 0 Å². The van der Waals surface area contributed by atoms with Crippen molar-refractivity contribution in [2.24, 2.45) is 0 Å². The lowest BCUT2D eigenvalue weighted by Crippen LogP contribution is -2.20. The van der Waals surface area contributed by atoms with Crippen LogP contribution in [0.1, 0.15) is 21.5 Å². The number of ketones is 1. The maximum absolute atomic E-state index is 12.4. The number of rotatable bonds is 6. The van der Waals surface area contributed by atoms with Crippen LogP contribution in [0.15, 0.2) is 72.8 Å². The van der Waals surface area contributed by atoms with Crippen LogP contribution in [-0.2, 0) is 4.79 Å². The molecule has 0 spiro atoms. The minimum absolute atomic E-state index is 0.0809. The van der Waals surface area contributed by atoms with E-state index in [-0.39, 0.29) is 23.3 Å². The molecule has 28 heavy (non-hydrogen) atoms. The summed E-state index contributed by atoms with van der Waals surface area (Å²) in [6.07, 6.45) is 0. The smallest absolute Gasteiger partial charge is 0.262 e. The number of nitrogens with one attached hydrogen (secondary N) is 1. The third-order valence-corrected chi connectivity index (χ3v) is 4.21. The molecule has 0 bridgehead atoms. The molecular formula is C22H15ClN2O3. The molecule has 0 atom stereocenters. The fourth-order valence-electron chi connectivity index (χ4n) is 2.49. The standard InChI is InChI=1S/C22H15ClN2O3/c23-20-12-18(9-6-17(20)13-24)25-21(26)14-28-19-10-7-16(8-11-19)22(27)15-4-2-1-3-5-15/h1-12H,14H2,(H,25,26). The van der Waals surface area contributed by atoms with Gasteiger partial charge in [0, 0.05) is 16.8 Å². The second kappa shape index (κ2) is 8.85. The van der Waals surface area contributed by atoms with Crippen molar-refractivity contribution in [1.29, 1.82) is 5.26 Å². The zero-order valence-electron chi connectivity index (χ0n) is 14.7. The molecule has 0 saturated heterocycles. The van der Waals surface area contributed by atoms with Gasteiger partial charge in [-0.25, -0.2) is 0 Å². The van der Waals surface area contributed by atoms with Gasteiger partial charge in [0.2, 0.25) is 0 Å². The SMILES string of the molecule is N#Cc1ccc(NC(=O)COc2ccc(C(=O)c3ccccc3)cc2)cc1Cl. The van der Waals surface area contributed by atoms with Gasteiger partial charge in [-0.05, 0) is 42.5 Å². The van der Waals surface area contributed by atoms with E-state index < -0.39 is 0 Å². The third kappa shape index (κ3) is 4.76. The zero-order chi connectivity index (χ0) is 19.9. The van der Waals surface area contributed by atoms with Gasteiger partial charge in [0.05, 0.1) is 10.6 Å². The zero-order valence-corrected chi connectivity index (χ0v) is 15.4. The molecule has 0 unspecified atom stereocenters. The average Bonchev–Trinajstić information content (AvgIpc) is 2.73. The monoisotopic (exact) mass is 390 g/mol. The Labute approximate surface area is 167 Å². The number of hydrogen-bond donors (Lipinski definition) is 1. The van der Waals surface area contributed by atoms with Gasteiger partial charge >= 0.3 is 0 Å². The van der Waals surface area contributed by atoms with Crippen molar-refractivity contribution in [1.82, 2.24) is 0 Å². The number of nitriles is 1. The number of halogens is 1. The second-order valence-corrected chi connectivity index (χ2v) is 6.27. The first kappa shape index (κ1) is 19.2. The fraction of sp³-hybridized carbons (Fsp3) is 0.0455. The number of ether oxygens (including phenoxy) is 1. The van der Waals surface area contributed by atoms with Gasteiger partial charge in [-0.15, -0.1) is 0 Å². The second-order valence-electron chi connectivity index (χ2n) is 5.86. The fourth-order valence-corrected chi connectivity index (χ4v) is 2.71. The Morgan fingerprint density at radius 2 is 1.64 bits per heavy atom. The van der Waals surface area contributed by atoms with E-state index in [1.54, 1.807) is 42.5 Å². The number of anilines is 1. The molecule has 138 valence electrons. The van der Waals surface area contributed by atoms with E-state index >= 15 is 0 Å². The molecular weight excluding hydrogens is 376 g/mol. The maximum Gasteiger partial charge on any atom is 0.262 e. The number of nitrogens with zero attached hydrogens (tertiary/aromatic N) is 1. The van der Waals surface area contributed by atoms with Crippen molar-refractivity contribution < 1.29 is 14.3 Å². The Morgan fingerprint density at radius 1 is 0.964 bits per heavy atom. The molecule has 0 saturated carbocycles. The molecule has 3 aromatic rings. The van der Waals surface area contributed by atoms with Crippen LogP contribution in [0.3, 0.4) is 0 Å². The van der Waals surface area contributed by atoms with Crippen LogP contribution >= 0.6 is 11.6 Å². The minimum atomic E-state index is -0.370. The normalized spacial score (nSPS) is 10.0. The third-order valence-electron chi connectivity index (χ3n) is 3.90. The van der Waals surface area contributed by atoms with Crippen LogP contribution in [0.25, 0.3) is 0 Å². The summed E-state index contributed by atoms with van der Waals surface area (Å²) in [5.74, 6) is 0.0189. The lowest BCUT2D eigenvalue weighted by molar-refractivity contribution is -0.118. The average molecular weight is 391 g/mol. The van der Waals surface area contributed by atoms with E-state index in [9.17, 15) is 9.59 Å². The van der Waals surface area contributed by atoms with Gasteiger partial charge < -0.3 is 10.1 Å². The van der Waals surface area contributed by atoms with Gasteiger partial charge in [-0.2, -0.15) is 5.26 Å².